The molecule has 24 heavy (non-hydrogen) atoms. The molecule has 6 heteroatoms. The van der Waals surface area contributed by atoms with Crippen molar-refractivity contribution in [2.45, 2.75) is 13.0 Å². The maximum absolute atomic E-state index is 12.8. The van der Waals surface area contributed by atoms with Crippen molar-refractivity contribution in [2.75, 3.05) is 0 Å². The summed E-state index contributed by atoms with van der Waals surface area (Å²) in [5.74, 6) is -0.104. The molecule has 0 bridgehead atoms. The largest absolute Gasteiger partial charge is 0.286 e. The number of nitrogens with zero attached hydrogens (tertiary/aromatic N) is 1. The van der Waals surface area contributed by atoms with E-state index in [9.17, 15) is 4.79 Å². The van der Waals surface area contributed by atoms with E-state index in [1.165, 1.54) is 11.8 Å². The molecule has 2 nitrogen and oxygen atoms in total. The van der Waals surface area contributed by atoms with Gasteiger partial charge in [-0.05, 0) is 36.3 Å². The molecule has 0 aliphatic carbocycles. The van der Waals surface area contributed by atoms with E-state index in [2.05, 4.69) is 0 Å². The second-order valence-electron chi connectivity index (χ2n) is 5.30. The lowest BCUT2D eigenvalue weighted by Crippen LogP contribution is -2.30. The van der Waals surface area contributed by atoms with Gasteiger partial charge in [-0.15, -0.1) is 0 Å². The number of carbonyl (C=O) groups is 1. The average molecular weight is 394 g/mol. The summed E-state index contributed by atoms with van der Waals surface area (Å²) in [5, 5.41) is 1.06. The Hall–Kier alpha value is -1.33. The highest BCUT2D eigenvalue weighted by atomic mass is 35.5. The number of rotatable bonds is 3. The summed E-state index contributed by atoms with van der Waals surface area (Å²) in [6, 6.07) is 14.9. The van der Waals surface area contributed by atoms with Gasteiger partial charge in [0.1, 0.15) is 4.32 Å². The Kier molecular flexibility index (Phi) is 5.30. The van der Waals surface area contributed by atoms with E-state index in [-0.39, 0.29) is 11.9 Å². The van der Waals surface area contributed by atoms with Gasteiger partial charge in [0.05, 0.1) is 10.9 Å². The predicted octanol–water partition coefficient (Wildman–Crippen LogP) is 5.96. The number of thiocarbonyl (C=S) groups is 1. The molecule has 1 aliphatic heterocycles. The van der Waals surface area contributed by atoms with Gasteiger partial charge in [0, 0.05) is 10.0 Å². The fourth-order valence-electron chi connectivity index (χ4n) is 2.45. The standard InChI is InChI=1S/C18H13Cl2NOS2/c1-11(12-5-3-2-4-6-12)21-17(22)16(24-18(21)23)9-13-7-8-14(19)10-15(13)20/h2-11H,1H3. The molecule has 0 N–H and O–H groups in total. The quantitative estimate of drug-likeness (QED) is 0.474. The third-order valence-corrected chi connectivity index (χ3v) is 5.63. The summed E-state index contributed by atoms with van der Waals surface area (Å²) in [6.45, 7) is 1.97. The Morgan fingerprint density at radius 3 is 2.54 bits per heavy atom. The minimum absolute atomic E-state index is 0.104. The first-order valence-corrected chi connectivity index (χ1v) is 9.22. The van der Waals surface area contributed by atoms with Gasteiger partial charge in [-0.2, -0.15) is 0 Å². The molecule has 1 amide bonds. The number of thioether (sulfide) groups is 1. The number of hydrogen-bond acceptors (Lipinski definition) is 3. The van der Waals surface area contributed by atoms with E-state index in [0.717, 1.165) is 11.1 Å². The van der Waals surface area contributed by atoms with Crippen LogP contribution in [0, 0.1) is 0 Å². The first kappa shape index (κ1) is 17.5. The molecule has 1 saturated heterocycles. The van der Waals surface area contributed by atoms with Gasteiger partial charge < -0.3 is 0 Å². The summed E-state index contributed by atoms with van der Waals surface area (Å²) in [5.41, 5.74) is 1.79. The molecule has 0 aromatic heterocycles. The second-order valence-corrected chi connectivity index (χ2v) is 7.82. The SMILES string of the molecule is CC(c1ccccc1)N1C(=O)C(=Cc2ccc(Cl)cc2Cl)SC1=S. The monoisotopic (exact) mass is 393 g/mol. The van der Waals surface area contributed by atoms with Gasteiger partial charge in [-0.1, -0.05) is 83.6 Å². The second kappa shape index (κ2) is 7.28. The van der Waals surface area contributed by atoms with E-state index < -0.39 is 0 Å². The molecule has 0 saturated carbocycles. The van der Waals surface area contributed by atoms with Crippen LogP contribution >= 0.6 is 47.2 Å². The van der Waals surface area contributed by atoms with Crippen LogP contribution in [0.15, 0.2) is 53.4 Å². The molecular formula is C18H13Cl2NOS2. The number of carbonyl (C=O) groups excluding carboxylic acids is 1. The highest BCUT2D eigenvalue weighted by Crippen LogP contribution is 2.38. The van der Waals surface area contributed by atoms with E-state index in [1.54, 1.807) is 29.2 Å². The zero-order chi connectivity index (χ0) is 17.3. The van der Waals surface area contributed by atoms with Crippen molar-refractivity contribution in [3.63, 3.8) is 0 Å². The number of hydrogen-bond donors (Lipinski definition) is 0. The fraction of sp³-hybridized carbons (Fsp3) is 0.111. The van der Waals surface area contributed by atoms with E-state index in [1.807, 2.05) is 37.3 Å². The van der Waals surface area contributed by atoms with Crippen LogP contribution in [0.5, 0.6) is 0 Å². The third-order valence-electron chi connectivity index (χ3n) is 3.74. The molecule has 1 aliphatic rings. The Morgan fingerprint density at radius 2 is 1.88 bits per heavy atom. The lowest BCUT2D eigenvalue weighted by Gasteiger charge is -2.23. The summed E-state index contributed by atoms with van der Waals surface area (Å²) in [7, 11) is 0. The van der Waals surface area contributed by atoms with Crippen molar-refractivity contribution >= 4 is 63.5 Å². The predicted molar refractivity (Wildman–Crippen MR) is 106 cm³/mol. The van der Waals surface area contributed by atoms with Crippen LogP contribution in [0.3, 0.4) is 0 Å². The first-order chi connectivity index (χ1) is 11.5. The Labute approximate surface area is 160 Å². The summed E-state index contributed by atoms with van der Waals surface area (Å²) in [6.07, 6.45) is 1.76. The summed E-state index contributed by atoms with van der Waals surface area (Å²) in [4.78, 5) is 15.0. The Morgan fingerprint density at radius 1 is 1.17 bits per heavy atom. The maximum atomic E-state index is 12.8. The number of benzene rings is 2. The third kappa shape index (κ3) is 3.52. The van der Waals surface area contributed by atoms with Crippen molar-refractivity contribution in [1.82, 2.24) is 4.90 Å². The Balaban J connectivity index is 1.90. The van der Waals surface area contributed by atoms with Crippen molar-refractivity contribution < 1.29 is 4.79 Å². The zero-order valence-electron chi connectivity index (χ0n) is 12.7. The van der Waals surface area contributed by atoms with Gasteiger partial charge in [-0.3, -0.25) is 9.69 Å². The van der Waals surface area contributed by atoms with Gasteiger partial charge in [0.25, 0.3) is 5.91 Å². The summed E-state index contributed by atoms with van der Waals surface area (Å²) < 4.78 is 0.549. The van der Waals surface area contributed by atoms with Crippen LogP contribution in [-0.2, 0) is 4.79 Å². The van der Waals surface area contributed by atoms with Gasteiger partial charge in [-0.25, -0.2) is 0 Å². The molecular weight excluding hydrogens is 381 g/mol. The van der Waals surface area contributed by atoms with E-state index in [4.69, 9.17) is 35.4 Å². The molecule has 2 aromatic carbocycles. The lowest BCUT2D eigenvalue weighted by molar-refractivity contribution is -0.123. The molecule has 3 rings (SSSR count). The van der Waals surface area contributed by atoms with Crippen LogP contribution in [0.4, 0.5) is 0 Å². The van der Waals surface area contributed by atoms with Crippen LogP contribution in [0.25, 0.3) is 6.08 Å². The topological polar surface area (TPSA) is 20.3 Å². The van der Waals surface area contributed by atoms with Gasteiger partial charge >= 0.3 is 0 Å². The number of amides is 1. The maximum Gasteiger partial charge on any atom is 0.266 e. The molecule has 1 atom stereocenters. The molecule has 1 unspecified atom stereocenters. The summed E-state index contributed by atoms with van der Waals surface area (Å²) >= 11 is 18.8. The van der Waals surface area contributed by atoms with E-state index >= 15 is 0 Å². The molecule has 1 fully saturated rings. The molecule has 0 spiro atoms. The highest BCUT2D eigenvalue weighted by molar-refractivity contribution is 8.26. The van der Waals surface area contributed by atoms with Crippen molar-refractivity contribution in [3.8, 4) is 0 Å². The first-order valence-electron chi connectivity index (χ1n) is 7.24. The number of halogens is 2. The van der Waals surface area contributed by atoms with Crippen LogP contribution in [-0.4, -0.2) is 15.1 Å². The Bertz CT molecular complexity index is 836. The van der Waals surface area contributed by atoms with Crippen LogP contribution < -0.4 is 0 Å². The normalized spacial score (nSPS) is 17.6. The minimum Gasteiger partial charge on any atom is -0.286 e. The van der Waals surface area contributed by atoms with Crippen LogP contribution in [0.1, 0.15) is 24.1 Å². The lowest BCUT2D eigenvalue weighted by atomic mass is 10.1. The van der Waals surface area contributed by atoms with Crippen molar-refractivity contribution in [2.24, 2.45) is 0 Å². The smallest absolute Gasteiger partial charge is 0.266 e. The van der Waals surface area contributed by atoms with Crippen molar-refractivity contribution in [3.05, 3.63) is 74.6 Å². The minimum atomic E-state index is -0.120. The molecule has 122 valence electrons. The fourth-order valence-corrected chi connectivity index (χ4v) is 4.33. The van der Waals surface area contributed by atoms with Gasteiger partial charge in [0.2, 0.25) is 0 Å². The molecule has 0 radical (unpaired) electrons. The average Bonchev–Trinajstić information content (AvgIpc) is 2.84. The van der Waals surface area contributed by atoms with Gasteiger partial charge in [0.15, 0.2) is 0 Å². The zero-order valence-corrected chi connectivity index (χ0v) is 15.8. The molecule has 1 heterocycles. The van der Waals surface area contributed by atoms with E-state index in [0.29, 0.717) is 19.3 Å². The van der Waals surface area contributed by atoms with Crippen molar-refractivity contribution in [1.29, 1.82) is 0 Å². The van der Waals surface area contributed by atoms with Crippen LogP contribution in [0.2, 0.25) is 10.0 Å². The molecule has 2 aromatic rings. The highest BCUT2D eigenvalue weighted by Gasteiger charge is 2.35.